The fraction of sp³-hybridized carbons (Fsp3) is 0.905. The van der Waals surface area contributed by atoms with Crippen molar-refractivity contribution in [1.29, 1.82) is 0 Å². The molecule has 0 bridgehead atoms. The van der Waals surface area contributed by atoms with Crippen LogP contribution in [0.1, 0.15) is 106 Å². The first-order valence-electron chi connectivity index (χ1n) is 20.9. The Hall–Kier alpha value is -1.72. The Balaban J connectivity index is 1.11. The standard InChI is InChI=1S/C42H66O14/c1-19-10-15-41(36(49)50)16-17-42(37(51)52)22(27(41)20(19)2)8-9-25-39(6)13-12-26(38(4,5)24(39)11-14-40(25,42)7)55-34-32(48)30(46)33(21(3)53-34)56-35-31(47)29(45)28(44)23(18-43)54-35/h8,19-21,23-35,43-48H,9-18H2,1-7H3,(H,49,50)(H,51,52)/t19?,20?,21?,23?,24?,25?,26?,27?,28?,29?,30?,31?,32?,33?,34?,35?,39-,40+,41-,42+/m0/s1. The van der Waals surface area contributed by atoms with Gasteiger partial charge in [0.15, 0.2) is 12.6 Å². The maximum Gasteiger partial charge on any atom is 0.314 e. The number of carboxylic acids is 2. The predicted octanol–water partition coefficient (Wildman–Crippen LogP) is 2.83. The van der Waals surface area contributed by atoms with Crippen LogP contribution in [-0.2, 0) is 28.5 Å². The van der Waals surface area contributed by atoms with E-state index in [-0.39, 0.29) is 35.2 Å². The van der Waals surface area contributed by atoms with Crippen molar-refractivity contribution < 1.29 is 69.4 Å². The molecule has 0 aromatic carbocycles. The first-order chi connectivity index (χ1) is 26.1. The molecule has 7 aliphatic rings. The average molecular weight is 795 g/mol. The Kier molecular flexibility index (Phi) is 11.0. The van der Waals surface area contributed by atoms with Gasteiger partial charge in [-0.25, -0.2) is 0 Å². The lowest BCUT2D eigenvalue weighted by Gasteiger charge is -2.70. The quantitative estimate of drug-likeness (QED) is 0.137. The fourth-order valence-corrected chi connectivity index (χ4v) is 14.0. The van der Waals surface area contributed by atoms with Crippen molar-refractivity contribution in [1.82, 2.24) is 0 Å². The molecule has 5 aliphatic carbocycles. The van der Waals surface area contributed by atoms with E-state index < -0.39 is 102 Å². The second-order valence-corrected chi connectivity index (χ2v) is 20.0. The van der Waals surface area contributed by atoms with Gasteiger partial charge in [-0.3, -0.25) is 9.59 Å². The molecular weight excluding hydrogens is 728 g/mol. The number of ether oxygens (including phenoxy) is 4. The molecule has 56 heavy (non-hydrogen) atoms. The van der Waals surface area contributed by atoms with Crippen LogP contribution < -0.4 is 0 Å². The van der Waals surface area contributed by atoms with Crippen molar-refractivity contribution in [2.24, 2.45) is 56.7 Å². The van der Waals surface area contributed by atoms with Gasteiger partial charge in [0, 0.05) is 0 Å². The summed E-state index contributed by atoms with van der Waals surface area (Å²) in [5.74, 6) is -1.45. The topological polar surface area (TPSA) is 233 Å². The zero-order chi connectivity index (χ0) is 41.1. The van der Waals surface area contributed by atoms with E-state index in [1.54, 1.807) is 6.92 Å². The van der Waals surface area contributed by atoms with E-state index >= 15 is 0 Å². The molecule has 0 radical (unpaired) electrons. The Morgan fingerprint density at radius 1 is 0.750 bits per heavy atom. The molecule has 0 spiro atoms. The summed E-state index contributed by atoms with van der Waals surface area (Å²) in [5.41, 5.74) is -2.55. The molecule has 20 atom stereocenters. The van der Waals surface area contributed by atoms with E-state index in [0.29, 0.717) is 44.4 Å². The van der Waals surface area contributed by atoms with Crippen molar-refractivity contribution in [2.75, 3.05) is 6.61 Å². The van der Waals surface area contributed by atoms with Crippen LogP contribution in [0.3, 0.4) is 0 Å². The third-order valence-electron chi connectivity index (χ3n) is 17.4. The number of hydrogen-bond acceptors (Lipinski definition) is 12. The fourth-order valence-electron chi connectivity index (χ4n) is 14.0. The van der Waals surface area contributed by atoms with Crippen molar-refractivity contribution >= 4 is 11.9 Å². The minimum absolute atomic E-state index is 0.0289. The van der Waals surface area contributed by atoms with Crippen LogP contribution >= 0.6 is 0 Å². The largest absolute Gasteiger partial charge is 0.481 e. The van der Waals surface area contributed by atoms with Crippen LogP contribution in [-0.4, -0.2) is 127 Å². The third kappa shape index (κ3) is 5.85. The van der Waals surface area contributed by atoms with Gasteiger partial charge in [-0.05, 0) is 111 Å². The van der Waals surface area contributed by atoms with Gasteiger partial charge in [-0.1, -0.05) is 53.2 Å². The minimum Gasteiger partial charge on any atom is -0.481 e. The molecule has 16 unspecified atom stereocenters. The average Bonchev–Trinajstić information content (AvgIpc) is 3.14. The molecule has 2 heterocycles. The second kappa shape index (κ2) is 14.5. The van der Waals surface area contributed by atoms with Crippen molar-refractivity contribution in [3.05, 3.63) is 11.6 Å². The summed E-state index contributed by atoms with van der Waals surface area (Å²) in [5, 5.41) is 85.2. The van der Waals surface area contributed by atoms with Crippen LogP contribution in [0.2, 0.25) is 0 Å². The molecule has 14 heteroatoms. The van der Waals surface area contributed by atoms with Crippen LogP contribution in [0.15, 0.2) is 11.6 Å². The molecule has 0 amide bonds. The van der Waals surface area contributed by atoms with Gasteiger partial charge in [0.1, 0.15) is 42.7 Å². The summed E-state index contributed by atoms with van der Waals surface area (Å²) < 4.78 is 24.0. The lowest BCUT2D eigenvalue weighted by Crippen LogP contribution is -2.68. The van der Waals surface area contributed by atoms with Gasteiger partial charge in [-0.15, -0.1) is 0 Å². The highest BCUT2D eigenvalue weighted by Gasteiger charge is 2.73. The molecule has 318 valence electrons. The maximum absolute atomic E-state index is 13.9. The summed E-state index contributed by atoms with van der Waals surface area (Å²) in [6.45, 7) is 14.1. The third-order valence-corrected chi connectivity index (χ3v) is 17.4. The second-order valence-electron chi connectivity index (χ2n) is 20.0. The van der Waals surface area contributed by atoms with E-state index in [1.165, 1.54) is 0 Å². The monoisotopic (exact) mass is 794 g/mol. The smallest absolute Gasteiger partial charge is 0.314 e. The first-order valence-corrected chi connectivity index (χ1v) is 20.9. The zero-order valence-electron chi connectivity index (χ0n) is 33.9. The van der Waals surface area contributed by atoms with Gasteiger partial charge in [0.05, 0.1) is 29.6 Å². The van der Waals surface area contributed by atoms with E-state index in [4.69, 9.17) is 18.9 Å². The number of hydrogen-bond donors (Lipinski definition) is 8. The SMILES string of the molecule is CC1CC[C@]2(C(=O)O)CC[C@]3(C(=O)O)C(=CCC4[C@@]5(C)CCC(OC6OC(C)C(OC7OC(CO)C(O)C(O)C7O)C(O)C6O)C(C)(C)C5CC[C@]43C)C2C1C. The van der Waals surface area contributed by atoms with Crippen molar-refractivity contribution in [3.8, 4) is 0 Å². The predicted molar refractivity (Wildman–Crippen MR) is 198 cm³/mol. The highest BCUT2D eigenvalue weighted by molar-refractivity contribution is 5.84. The number of allylic oxidation sites excluding steroid dienone is 1. The number of aliphatic hydroxyl groups excluding tert-OH is 6. The van der Waals surface area contributed by atoms with E-state index in [2.05, 4.69) is 47.6 Å². The number of fused-ring (bicyclic) bond motifs is 7. The van der Waals surface area contributed by atoms with Crippen LogP contribution in [0, 0.1) is 56.7 Å². The van der Waals surface area contributed by atoms with Gasteiger partial charge in [0.25, 0.3) is 0 Å². The molecule has 2 saturated heterocycles. The summed E-state index contributed by atoms with van der Waals surface area (Å²) in [4.78, 5) is 27.0. The lowest BCUT2D eigenvalue weighted by molar-refractivity contribution is -0.364. The molecule has 14 nitrogen and oxygen atoms in total. The number of carbonyl (C=O) groups is 2. The Labute approximate surface area is 329 Å². The molecule has 6 fully saturated rings. The molecule has 2 aliphatic heterocycles. The van der Waals surface area contributed by atoms with E-state index in [0.717, 1.165) is 24.8 Å². The molecule has 4 saturated carbocycles. The zero-order valence-corrected chi connectivity index (χ0v) is 33.9. The highest BCUT2D eigenvalue weighted by Crippen LogP contribution is 2.76. The van der Waals surface area contributed by atoms with Gasteiger partial charge in [-0.2, -0.15) is 0 Å². The molecule has 0 aromatic heterocycles. The number of carboxylic acid groups (broad SMARTS) is 2. The van der Waals surface area contributed by atoms with E-state index in [1.807, 2.05) is 0 Å². The van der Waals surface area contributed by atoms with Crippen molar-refractivity contribution in [3.63, 3.8) is 0 Å². The lowest BCUT2D eigenvalue weighted by atomic mass is 9.33. The summed E-state index contributed by atoms with van der Waals surface area (Å²) in [7, 11) is 0. The molecular formula is C42H66O14. The van der Waals surface area contributed by atoms with Crippen LogP contribution in [0.5, 0.6) is 0 Å². The van der Waals surface area contributed by atoms with Gasteiger partial charge in [0.2, 0.25) is 0 Å². The summed E-state index contributed by atoms with van der Waals surface area (Å²) in [6.07, 6.45) is -6.76. The Morgan fingerprint density at radius 3 is 2.05 bits per heavy atom. The number of aliphatic hydroxyl groups is 6. The normalized spacial score (nSPS) is 54.1. The van der Waals surface area contributed by atoms with Gasteiger partial charge >= 0.3 is 11.9 Å². The Morgan fingerprint density at radius 2 is 1.41 bits per heavy atom. The summed E-state index contributed by atoms with van der Waals surface area (Å²) in [6, 6.07) is 0. The van der Waals surface area contributed by atoms with Gasteiger partial charge < -0.3 is 59.8 Å². The molecule has 7 rings (SSSR count). The molecule has 8 N–H and O–H groups in total. The number of rotatable bonds is 7. The molecule has 0 aromatic rings. The maximum atomic E-state index is 13.9. The highest BCUT2D eigenvalue weighted by atomic mass is 16.7. The van der Waals surface area contributed by atoms with Crippen LogP contribution in [0.4, 0.5) is 0 Å². The first kappa shape index (κ1) is 42.4. The van der Waals surface area contributed by atoms with E-state index in [9.17, 15) is 50.4 Å². The van der Waals surface area contributed by atoms with Crippen molar-refractivity contribution in [2.45, 2.75) is 174 Å². The summed E-state index contributed by atoms with van der Waals surface area (Å²) >= 11 is 0. The number of aliphatic carboxylic acids is 2. The Bertz CT molecular complexity index is 1550. The minimum atomic E-state index is -1.69. The van der Waals surface area contributed by atoms with Crippen LogP contribution in [0.25, 0.3) is 0 Å².